The van der Waals surface area contributed by atoms with Crippen LogP contribution >= 0.6 is 56.5 Å². The topological polar surface area (TPSA) is 46.5 Å². The largest absolute Gasteiger partial charge is 0.481 e. The minimum absolute atomic E-state index is 0.269. The Kier molecular flexibility index (Phi) is 8.77. The Hall–Kier alpha value is 0.590. The number of ether oxygens (including phenoxy) is 1. The molecular weight excluding hydrogens is 478 g/mol. The lowest BCUT2D eigenvalue weighted by Crippen LogP contribution is -2.01. The summed E-state index contributed by atoms with van der Waals surface area (Å²) >= 11 is 6.52. The molecule has 0 amide bonds. The quantitative estimate of drug-likeness (QED) is 0.415. The van der Waals surface area contributed by atoms with Crippen LogP contribution in [0.3, 0.4) is 0 Å². The number of hydrogen-bond acceptors (Lipinski definition) is 3. The molecule has 102 valence electrons. The third-order valence-corrected chi connectivity index (χ3v) is 5.50. The molecule has 0 aliphatic carbocycles. The van der Waals surface area contributed by atoms with E-state index in [0.29, 0.717) is 0 Å². The summed E-state index contributed by atoms with van der Waals surface area (Å²) in [5.74, 6) is -0.711. The van der Waals surface area contributed by atoms with Gasteiger partial charge in [-0.25, -0.2) is 0 Å². The average Bonchev–Trinajstić information content (AvgIpc) is 2.61. The van der Waals surface area contributed by atoms with Crippen LogP contribution in [0.2, 0.25) is 0 Å². The lowest BCUT2D eigenvalue weighted by atomic mass is 10.2. The summed E-state index contributed by atoms with van der Waals surface area (Å²) in [6.07, 6.45) is 3.86. The van der Waals surface area contributed by atoms with Crippen LogP contribution < -0.4 is 0 Å². The van der Waals surface area contributed by atoms with Gasteiger partial charge in [0, 0.05) is 13.0 Å². The number of hydrogen-bond donors (Lipinski definition) is 1. The monoisotopic (exact) mass is 494 g/mol. The van der Waals surface area contributed by atoms with Gasteiger partial charge in [-0.05, 0) is 76.1 Å². The van der Waals surface area contributed by atoms with Gasteiger partial charge < -0.3 is 9.84 Å². The molecule has 1 N–H and O–H groups in total. The molecule has 0 aliphatic rings. The molecule has 0 aromatic carbocycles. The second-order valence-electron chi connectivity index (χ2n) is 3.92. The van der Waals surface area contributed by atoms with E-state index in [-0.39, 0.29) is 6.42 Å². The first-order valence-corrected chi connectivity index (χ1v) is 8.80. The highest BCUT2D eigenvalue weighted by Gasteiger charge is 2.04. The third-order valence-electron chi connectivity index (χ3n) is 2.42. The molecule has 0 fully saturated rings. The van der Waals surface area contributed by atoms with Crippen molar-refractivity contribution in [3.05, 3.63) is 17.4 Å². The van der Waals surface area contributed by atoms with Crippen LogP contribution in [0.5, 0.6) is 0 Å². The molecule has 0 radical (unpaired) electrons. The van der Waals surface area contributed by atoms with Crippen LogP contribution in [0.25, 0.3) is 0 Å². The van der Waals surface area contributed by atoms with Gasteiger partial charge in [0.15, 0.2) is 0 Å². The molecule has 0 saturated carbocycles. The van der Waals surface area contributed by atoms with Crippen molar-refractivity contribution in [1.82, 2.24) is 0 Å². The molecule has 1 aromatic heterocycles. The number of rotatable bonds is 9. The van der Waals surface area contributed by atoms with Gasteiger partial charge in [0.2, 0.25) is 0 Å². The predicted octanol–water partition coefficient (Wildman–Crippen LogP) is 4.16. The van der Waals surface area contributed by atoms with E-state index in [4.69, 9.17) is 9.84 Å². The number of halogens is 2. The van der Waals surface area contributed by atoms with Crippen LogP contribution in [0.4, 0.5) is 0 Å². The second kappa shape index (κ2) is 9.49. The number of carboxylic acid groups (broad SMARTS) is 1. The van der Waals surface area contributed by atoms with Crippen molar-refractivity contribution >= 4 is 62.5 Å². The van der Waals surface area contributed by atoms with Crippen molar-refractivity contribution in [3.8, 4) is 0 Å². The Morgan fingerprint density at radius 2 is 2.06 bits per heavy atom. The lowest BCUT2D eigenvalue weighted by Gasteiger charge is -2.03. The Labute approximate surface area is 139 Å². The van der Waals surface area contributed by atoms with Crippen LogP contribution in [-0.2, 0) is 16.0 Å². The summed E-state index contributed by atoms with van der Waals surface area (Å²) in [5.41, 5.74) is 1.37. The molecule has 1 rings (SSSR count). The molecule has 0 aliphatic heterocycles. The molecule has 1 aromatic rings. The zero-order chi connectivity index (χ0) is 13.4. The maximum atomic E-state index is 10.3. The first-order chi connectivity index (χ1) is 8.59. The lowest BCUT2D eigenvalue weighted by molar-refractivity contribution is -0.137. The number of aliphatic carboxylic acids is 1. The van der Waals surface area contributed by atoms with Crippen molar-refractivity contribution in [1.29, 1.82) is 0 Å². The first-order valence-electron chi connectivity index (χ1n) is 5.83. The predicted molar refractivity (Wildman–Crippen MR) is 90.4 cm³/mol. The third kappa shape index (κ3) is 7.25. The highest BCUT2D eigenvalue weighted by atomic mass is 127. The molecular formula is C12H16I2O3S. The van der Waals surface area contributed by atoms with Crippen molar-refractivity contribution in [2.24, 2.45) is 0 Å². The molecule has 0 atom stereocenters. The highest BCUT2D eigenvalue weighted by Crippen LogP contribution is 2.25. The fourth-order valence-corrected chi connectivity index (χ4v) is 5.59. The van der Waals surface area contributed by atoms with Crippen molar-refractivity contribution in [2.45, 2.75) is 32.1 Å². The van der Waals surface area contributed by atoms with E-state index >= 15 is 0 Å². The van der Waals surface area contributed by atoms with Crippen LogP contribution in [-0.4, -0.2) is 24.3 Å². The van der Waals surface area contributed by atoms with Crippen molar-refractivity contribution in [3.63, 3.8) is 0 Å². The molecule has 0 spiro atoms. The van der Waals surface area contributed by atoms with E-state index in [2.05, 4.69) is 51.2 Å². The molecule has 3 nitrogen and oxygen atoms in total. The highest BCUT2D eigenvalue weighted by molar-refractivity contribution is 14.1. The zero-order valence-corrected chi connectivity index (χ0v) is 15.1. The minimum atomic E-state index is -0.711. The van der Waals surface area contributed by atoms with Gasteiger partial charge in [0.1, 0.15) is 0 Å². The fourth-order valence-electron chi connectivity index (χ4n) is 1.49. The Bertz CT molecular complexity index is 379. The van der Waals surface area contributed by atoms with Crippen LogP contribution in [0, 0.1) is 5.77 Å². The van der Waals surface area contributed by atoms with E-state index in [1.807, 2.05) is 11.3 Å². The molecule has 1 heterocycles. The Balaban J connectivity index is 1.99. The summed E-state index contributed by atoms with van der Waals surface area (Å²) < 4.78 is 8.23. The summed E-state index contributed by atoms with van der Waals surface area (Å²) in [5, 5.41) is 8.48. The van der Waals surface area contributed by atoms with E-state index < -0.39 is 5.97 Å². The van der Waals surface area contributed by atoms with Gasteiger partial charge >= 0.3 is 5.97 Å². The van der Waals surface area contributed by atoms with Crippen molar-refractivity contribution in [2.75, 3.05) is 13.2 Å². The second-order valence-corrected chi connectivity index (χ2v) is 8.67. The molecule has 0 saturated heterocycles. The van der Waals surface area contributed by atoms with E-state index in [1.165, 1.54) is 11.3 Å². The Morgan fingerprint density at radius 3 is 2.67 bits per heavy atom. The van der Waals surface area contributed by atoms with Gasteiger partial charge in [0.25, 0.3) is 0 Å². The van der Waals surface area contributed by atoms with Gasteiger partial charge in [-0.1, -0.05) is 6.42 Å². The average molecular weight is 494 g/mol. The summed E-state index contributed by atoms with van der Waals surface area (Å²) in [6.45, 7) is 1.49. The van der Waals surface area contributed by atoms with E-state index in [1.54, 1.807) is 0 Å². The van der Waals surface area contributed by atoms with E-state index in [0.717, 1.165) is 38.9 Å². The minimum Gasteiger partial charge on any atom is -0.481 e. The Morgan fingerprint density at radius 1 is 1.28 bits per heavy atom. The normalized spacial score (nSPS) is 10.8. The van der Waals surface area contributed by atoms with E-state index in [9.17, 15) is 4.79 Å². The zero-order valence-electron chi connectivity index (χ0n) is 9.95. The number of thiophene rings is 1. The van der Waals surface area contributed by atoms with Crippen LogP contribution in [0.15, 0.2) is 6.07 Å². The van der Waals surface area contributed by atoms with Crippen LogP contribution in [0.1, 0.15) is 31.2 Å². The van der Waals surface area contributed by atoms with Gasteiger partial charge in [-0.2, -0.15) is 0 Å². The van der Waals surface area contributed by atoms with Crippen molar-refractivity contribution < 1.29 is 14.6 Å². The first kappa shape index (κ1) is 16.6. The number of carboxylic acids is 1. The number of unbranched alkanes of at least 4 members (excludes halogenated alkanes) is 2. The van der Waals surface area contributed by atoms with Gasteiger partial charge in [-0.15, -0.1) is 11.3 Å². The standard InChI is InChI=1S/C12H16I2O3S/c13-10-8-9(12(14)18-10)5-7-17-6-3-1-2-4-11(15)16/h8H,1-7H2,(H,15,16). The molecule has 18 heavy (non-hydrogen) atoms. The summed E-state index contributed by atoms with van der Waals surface area (Å²) in [6, 6.07) is 2.21. The maximum Gasteiger partial charge on any atom is 0.303 e. The maximum absolute atomic E-state index is 10.3. The smallest absolute Gasteiger partial charge is 0.303 e. The summed E-state index contributed by atoms with van der Waals surface area (Å²) in [7, 11) is 0. The molecule has 0 unspecified atom stereocenters. The number of carbonyl (C=O) groups is 1. The molecule has 6 heteroatoms. The molecule has 0 bridgehead atoms. The SMILES string of the molecule is O=C(O)CCCCCOCCc1cc(I)sc1I. The van der Waals surface area contributed by atoms with Gasteiger partial charge in [0.05, 0.1) is 12.4 Å². The van der Waals surface area contributed by atoms with Gasteiger partial charge in [-0.3, -0.25) is 4.79 Å². The summed E-state index contributed by atoms with van der Waals surface area (Å²) in [4.78, 5) is 10.3. The fraction of sp³-hybridized carbons (Fsp3) is 0.583.